The number of benzene rings is 2. The molecule has 2 saturated heterocycles. The fourth-order valence-electron chi connectivity index (χ4n) is 7.00. The van der Waals surface area contributed by atoms with E-state index >= 15 is 0 Å². The zero-order valence-corrected chi connectivity index (χ0v) is 27.3. The fraction of sp³-hybridized carbons (Fsp3) is 0.405. The van der Waals surface area contributed by atoms with Crippen molar-refractivity contribution in [3.63, 3.8) is 0 Å². The fourth-order valence-corrected chi connectivity index (χ4v) is 7.00. The Bertz CT molecular complexity index is 1620. The molecular weight excluding hydrogens is 614 g/mol. The average Bonchev–Trinajstić information content (AvgIpc) is 3.66. The second-order valence-electron chi connectivity index (χ2n) is 12.5. The minimum absolute atomic E-state index is 0.0665. The number of carbonyl (C=O) groups excluding carboxylic acids is 4. The SMILES string of the molecule is COC(=O)[C@]12C[C@H](CC(=O)N3CCN(C(=O)c4ccco4)CC3)C(=O)N(Cc3ccccc3)C1=C[C@H](COCc1ccccc1)O[C@@H]2C. The van der Waals surface area contributed by atoms with Crippen LogP contribution in [0.2, 0.25) is 0 Å². The molecule has 0 bridgehead atoms. The molecule has 4 atom stereocenters. The molecule has 0 spiro atoms. The molecule has 0 N–H and O–H groups in total. The zero-order chi connectivity index (χ0) is 33.7. The van der Waals surface area contributed by atoms with Crippen molar-refractivity contribution in [2.75, 3.05) is 39.9 Å². The van der Waals surface area contributed by atoms with Gasteiger partial charge in [-0.05, 0) is 42.7 Å². The standard InChI is InChI=1S/C37H41N3O8/c1-26-37(36(44)45-2)22-29(20-33(41)38-15-17-39(18-16-38)35(43)31-14-9-19-47-31)34(42)40(23-27-10-5-3-6-11-27)32(37)21-30(48-26)25-46-24-28-12-7-4-8-13-28/h3-14,19,21,26,29-30H,15-18,20,22-25H2,1-2H3/t26-,29+,30-,37+/m1/s1. The number of hydrogen-bond donors (Lipinski definition) is 0. The Morgan fingerprint density at radius 1 is 0.896 bits per heavy atom. The zero-order valence-electron chi connectivity index (χ0n) is 27.3. The second-order valence-corrected chi connectivity index (χ2v) is 12.5. The van der Waals surface area contributed by atoms with Gasteiger partial charge in [0.2, 0.25) is 11.8 Å². The van der Waals surface area contributed by atoms with E-state index in [1.165, 1.54) is 13.4 Å². The summed E-state index contributed by atoms with van der Waals surface area (Å²) >= 11 is 0. The molecule has 3 aliphatic rings. The van der Waals surface area contributed by atoms with Gasteiger partial charge < -0.3 is 33.3 Å². The van der Waals surface area contributed by atoms with Gasteiger partial charge >= 0.3 is 5.97 Å². The summed E-state index contributed by atoms with van der Waals surface area (Å²) in [6.45, 7) is 4.01. The number of ether oxygens (including phenoxy) is 3. The van der Waals surface area contributed by atoms with Crippen LogP contribution < -0.4 is 0 Å². The molecule has 48 heavy (non-hydrogen) atoms. The first-order chi connectivity index (χ1) is 23.3. The Kier molecular flexibility index (Phi) is 10.1. The first-order valence-electron chi connectivity index (χ1n) is 16.3. The molecule has 11 nitrogen and oxygen atoms in total. The number of furan rings is 1. The molecule has 3 aromatic rings. The molecule has 2 aromatic carbocycles. The Balaban J connectivity index is 1.23. The van der Waals surface area contributed by atoms with Gasteiger partial charge in [0.05, 0.1) is 39.2 Å². The van der Waals surface area contributed by atoms with E-state index in [4.69, 9.17) is 18.6 Å². The van der Waals surface area contributed by atoms with Gasteiger partial charge in [-0.15, -0.1) is 0 Å². The van der Waals surface area contributed by atoms with Crippen molar-refractivity contribution in [1.82, 2.24) is 14.7 Å². The Hall–Kier alpha value is -4.74. The number of piperidine rings is 1. The summed E-state index contributed by atoms with van der Waals surface area (Å²) < 4.78 is 23.1. The highest BCUT2D eigenvalue weighted by molar-refractivity contribution is 5.93. The topological polar surface area (TPSA) is 119 Å². The van der Waals surface area contributed by atoms with Crippen molar-refractivity contribution in [2.45, 2.75) is 45.1 Å². The van der Waals surface area contributed by atoms with E-state index in [1.807, 2.05) is 73.7 Å². The van der Waals surface area contributed by atoms with Gasteiger partial charge in [-0.25, -0.2) is 0 Å². The monoisotopic (exact) mass is 655 g/mol. The average molecular weight is 656 g/mol. The first-order valence-corrected chi connectivity index (χ1v) is 16.3. The molecule has 6 rings (SSSR count). The normalized spacial score (nSPS) is 24.1. The van der Waals surface area contributed by atoms with E-state index in [2.05, 4.69) is 0 Å². The lowest BCUT2D eigenvalue weighted by molar-refractivity contribution is -0.178. The maximum absolute atomic E-state index is 14.4. The number of nitrogens with zero attached hydrogens (tertiary/aromatic N) is 3. The van der Waals surface area contributed by atoms with E-state index in [-0.39, 0.29) is 49.5 Å². The number of carbonyl (C=O) groups is 4. The summed E-state index contributed by atoms with van der Waals surface area (Å²) in [5, 5.41) is 0. The van der Waals surface area contributed by atoms with Crippen molar-refractivity contribution in [3.05, 3.63) is 108 Å². The van der Waals surface area contributed by atoms with E-state index in [0.29, 0.717) is 38.5 Å². The van der Waals surface area contributed by atoms with Crippen LogP contribution in [0.25, 0.3) is 0 Å². The molecule has 252 valence electrons. The Labute approximate surface area is 280 Å². The number of piperazine rings is 1. The second kappa shape index (κ2) is 14.6. The van der Waals surface area contributed by atoms with Crippen molar-refractivity contribution >= 4 is 23.7 Å². The van der Waals surface area contributed by atoms with Crippen LogP contribution in [0.15, 0.2) is 95.2 Å². The number of hydrogen-bond acceptors (Lipinski definition) is 8. The highest BCUT2D eigenvalue weighted by Gasteiger charge is 2.59. The summed E-state index contributed by atoms with van der Waals surface area (Å²) in [5.41, 5.74) is 1.11. The van der Waals surface area contributed by atoms with Crippen molar-refractivity contribution in [3.8, 4) is 0 Å². The van der Waals surface area contributed by atoms with Crippen LogP contribution in [0.1, 0.15) is 41.4 Å². The third-order valence-corrected chi connectivity index (χ3v) is 9.55. The molecule has 0 saturated carbocycles. The molecule has 0 aliphatic carbocycles. The van der Waals surface area contributed by atoms with Crippen molar-refractivity contribution in [2.24, 2.45) is 11.3 Å². The molecule has 2 fully saturated rings. The quantitative estimate of drug-likeness (QED) is 0.301. The number of fused-ring (bicyclic) bond motifs is 1. The van der Waals surface area contributed by atoms with Gasteiger partial charge in [0.1, 0.15) is 11.5 Å². The highest BCUT2D eigenvalue weighted by Crippen LogP contribution is 2.50. The van der Waals surface area contributed by atoms with Crippen molar-refractivity contribution in [1.29, 1.82) is 0 Å². The van der Waals surface area contributed by atoms with Crippen molar-refractivity contribution < 1.29 is 37.8 Å². The molecule has 0 radical (unpaired) electrons. The molecule has 4 heterocycles. The summed E-state index contributed by atoms with van der Waals surface area (Å²) in [7, 11) is 1.33. The molecule has 11 heteroatoms. The third kappa shape index (κ3) is 6.79. The van der Waals surface area contributed by atoms with Crippen LogP contribution in [0.3, 0.4) is 0 Å². The van der Waals surface area contributed by atoms with Crippen LogP contribution in [0.4, 0.5) is 0 Å². The number of amides is 3. The summed E-state index contributed by atoms with van der Waals surface area (Å²) in [4.78, 5) is 59.6. The largest absolute Gasteiger partial charge is 0.468 e. The lowest BCUT2D eigenvalue weighted by Crippen LogP contribution is -2.60. The number of methoxy groups -OCH3 is 1. The number of esters is 1. The summed E-state index contributed by atoms with van der Waals surface area (Å²) in [6, 6.07) is 22.6. The highest BCUT2D eigenvalue weighted by atomic mass is 16.6. The van der Waals surface area contributed by atoms with Gasteiger partial charge in [0.25, 0.3) is 5.91 Å². The number of likely N-dealkylation sites (tertiary alicyclic amines) is 1. The minimum Gasteiger partial charge on any atom is -0.468 e. The lowest BCUT2D eigenvalue weighted by Gasteiger charge is -2.51. The molecule has 3 amide bonds. The van der Waals surface area contributed by atoms with Gasteiger partial charge in [0.15, 0.2) is 5.76 Å². The maximum atomic E-state index is 14.4. The minimum atomic E-state index is -1.31. The Morgan fingerprint density at radius 3 is 2.21 bits per heavy atom. The van der Waals surface area contributed by atoms with Crippen LogP contribution in [0.5, 0.6) is 0 Å². The predicted molar refractivity (Wildman–Crippen MR) is 174 cm³/mol. The van der Waals surface area contributed by atoms with E-state index in [0.717, 1.165) is 11.1 Å². The summed E-state index contributed by atoms with van der Waals surface area (Å²) in [6.07, 6.45) is 2.07. The van der Waals surface area contributed by atoms with Crippen LogP contribution in [-0.4, -0.2) is 90.5 Å². The van der Waals surface area contributed by atoms with Crippen LogP contribution in [0, 0.1) is 11.3 Å². The van der Waals surface area contributed by atoms with Crippen LogP contribution >= 0.6 is 0 Å². The molecular formula is C37H41N3O8. The number of rotatable bonds is 10. The van der Waals surface area contributed by atoms with E-state index < -0.39 is 29.5 Å². The molecule has 3 aliphatic heterocycles. The predicted octanol–water partition coefficient (Wildman–Crippen LogP) is 4.05. The first kappa shape index (κ1) is 33.2. The van der Waals surface area contributed by atoms with E-state index in [9.17, 15) is 19.2 Å². The van der Waals surface area contributed by atoms with Gasteiger partial charge in [-0.2, -0.15) is 0 Å². The maximum Gasteiger partial charge on any atom is 0.320 e. The van der Waals surface area contributed by atoms with Crippen LogP contribution in [-0.2, 0) is 41.7 Å². The molecule has 0 unspecified atom stereocenters. The third-order valence-electron chi connectivity index (χ3n) is 9.55. The van der Waals surface area contributed by atoms with Gasteiger partial charge in [-0.3, -0.25) is 19.2 Å². The van der Waals surface area contributed by atoms with Gasteiger partial charge in [-0.1, -0.05) is 60.7 Å². The smallest absolute Gasteiger partial charge is 0.320 e. The summed E-state index contributed by atoms with van der Waals surface area (Å²) in [5.74, 6) is -1.72. The molecule has 1 aromatic heterocycles. The van der Waals surface area contributed by atoms with Gasteiger partial charge in [0, 0.05) is 44.2 Å². The Morgan fingerprint density at radius 2 is 1.56 bits per heavy atom. The lowest BCUT2D eigenvalue weighted by atomic mass is 9.66. The van der Waals surface area contributed by atoms with E-state index in [1.54, 1.807) is 26.8 Å².